The van der Waals surface area contributed by atoms with Gasteiger partial charge in [0.1, 0.15) is 13.2 Å². The van der Waals surface area contributed by atoms with Crippen LogP contribution in [-0.2, 0) is 28.6 Å². The molecule has 332 valence electrons. The summed E-state index contributed by atoms with van der Waals surface area (Å²) in [6.45, 7) is 6.32. The molecule has 0 spiro atoms. The molecule has 0 fully saturated rings. The van der Waals surface area contributed by atoms with E-state index in [9.17, 15) is 14.4 Å². The van der Waals surface area contributed by atoms with Crippen LogP contribution >= 0.6 is 0 Å². The molecule has 0 aromatic rings. The number of allylic oxidation sites excluding steroid dienone is 18. The predicted octanol–water partition coefficient (Wildman–Crippen LogP) is 15.2. The van der Waals surface area contributed by atoms with Gasteiger partial charge in [0, 0.05) is 19.3 Å². The fourth-order valence-electron chi connectivity index (χ4n) is 5.85. The summed E-state index contributed by atoms with van der Waals surface area (Å²) in [5.74, 6) is -0.998. The van der Waals surface area contributed by atoms with Crippen molar-refractivity contribution in [1.29, 1.82) is 0 Å². The van der Waals surface area contributed by atoms with Crippen LogP contribution in [0.3, 0.4) is 0 Å². The topological polar surface area (TPSA) is 78.9 Å². The van der Waals surface area contributed by atoms with E-state index in [1.165, 1.54) is 32.1 Å². The average molecular weight is 817 g/mol. The summed E-state index contributed by atoms with van der Waals surface area (Å²) in [5, 5.41) is 0. The Kier molecular flexibility index (Phi) is 43.6. The van der Waals surface area contributed by atoms with Gasteiger partial charge in [-0.25, -0.2) is 0 Å². The number of hydrogen-bond acceptors (Lipinski definition) is 6. The highest BCUT2D eigenvalue weighted by Crippen LogP contribution is 2.12. The second-order valence-corrected chi connectivity index (χ2v) is 15.1. The second-order valence-electron chi connectivity index (χ2n) is 15.1. The zero-order valence-electron chi connectivity index (χ0n) is 37.7. The summed E-state index contributed by atoms with van der Waals surface area (Å²) in [7, 11) is 0. The number of unbranched alkanes of at least 4 members (excludes halogenated alkanes) is 17. The summed E-state index contributed by atoms with van der Waals surface area (Å²) in [5.41, 5.74) is 0. The fraction of sp³-hybridized carbons (Fsp3) is 0.604. The fourth-order valence-corrected chi connectivity index (χ4v) is 5.85. The molecule has 0 aliphatic carbocycles. The van der Waals surface area contributed by atoms with E-state index < -0.39 is 6.10 Å². The largest absolute Gasteiger partial charge is 0.462 e. The summed E-state index contributed by atoms with van der Waals surface area (Å²) >= 11 is 0. The molecule has 6 heteroatoms. The van der Waals surface area contributed by atoms with Gasteiger partial charge in [-0.2, -0.15) is 0 Å². The van der Waals surface area contributed by atoms with Crippen molar-refractivity contribution in [3.8, 4) is 0 Å². The van der Waals surface area contributed by atoms with E-state index in [1.807, 2.05) is 36.5 Å². The quantitative estimate of drug-likeness (QED) is 0.0201. The van der Waals surface area contributed by atoms with Gasteiger partial charge in [-0.1, -0.05) is 194 Å². The van der Waals surface area contributed by atoms with Gasteiger partial charge in [0.2, 0.25) is 0 Å². The van der Waals surface area contributed by atoms with E-state index in [1.54, 1.807) is 0 Å². The number of ether oxygens (including phenoxy) is 3. The minimum Gasteiger partial charge on any atom is -0.462 e. The van der Waals surface area contributed by atoms with Crippen molar-refractivity contribution in [2.75, 3.05) is 13.2 Å². The first kappa shape index (κ1) is 55.1. The molecule has 0 aromatic carbocycles. The summed E-state index contributed by atoms with van der Waals surface area (Å²) in [6.07, 6.45) is 62.1. The lowest BCUT2D eigenvalue weighted by molar-refractivity contribution is -0.167. The van der Waals surface area contributed by atoms with Gasteiger partial charge in [0.05, 0.1) is 0 Å². The smallest absolute Gasteiger partial charge is 0.306 e. The maximum absolute atomic E-state index is 12.7. The van der Waals surface area contributed by atoms with E-state index in [2.05, 4.69) is 93.7 Å². The number of esters is 3. The van der Waals surface area contributed by atoms with Gasteiger partial charge in [-0.05, 0) is 83.5 Å². The molecule has 6 nitrogen and oxygen atoms in total. The van der Waals surface area contributed by atoms with Crippen molar-refractivity contribution < 1.29 is 28.6 Å². The zero-order valence-corrected chi connectivity index (χ0v) is 37.7. The lowest BCUT2D eigenvalue weighted by Crippen LogP contribution is -2.30. The van der Waals surface area contributed by atoms with Crippen molar-refractivity contribution in [2.45, 2.75) is 194 Å². The molecule has 0 aliphatic rings. The Hall–Kier alpha value is -3.93. The van der Waals surface area contributed by atoms with Crippen molar-refractivity contribution in [1.82, 2.24) is 0 Å². The first-order valence-electron chi connectivity index (χ1n) is 23.5. The van der Waals surface area contributed by atoms with Gasteiger partial charge < -0.3 is 14.2 Å². The van der Waals surface area contributed by atoms with Gasteiger partial charge >= 0.3 is 17.9 Å². The Balaban J connectivity index is 4.50. The summed E-state index contributed by atoms with van der Waals surface area (Å²) < 4.78 is 16.6. The van der Waals surface area contributed by atoms with Crippen LogP contribution in [0.4, 0.5) is 0 Å². The van der Waals surface area contributed by atoms with Crippen LogP contribution in [0.2, 0.25) is 0 Å². The zero-order chi connectivity index (χ0) is 43.0. The first-order valence-corrected chi connectivity index (χ1v) is 23.5. The Morgan fingerprint density at radius 3 is 1.15 bits per heavy atom. The van der Waals surface area contributed by atoms with Crippen LogP contribution in [-0.4, -0.2) is 37.2 Å². The lowest BCUT2D eigenvalue weighted by Gasteiger charge is -2.18. The van der Waals surface area contributed by atoms with Crippen molar-refractivity contribution in [3.05, 3.63) is 109 Å². The molecule has 0 radical (unpaired) electrons. The Morgan fingerprint density at radius 1 is 0.356 bits per heavy atom. The number of carbonyl (C=O) groups is 3. The molecule has 59 heavy (non-hydrogen) atoms. The Morgan fingerprint density at radius 2 is 0.695 bits per heavy atom. The van der Waals surface area contributed by atoms with Crippen LogP contribution in [0.15, 0.2) is 109 Å². The molecule has 0 saturated heterocycles. The molecule has 0 N–H and O–H groups in total. The van der Waals surface area contributed by atoms with E-state index in [0.29, 0.717) is 19.3 Å². The molecule has 0 bridgehead atoms. The first-order chi connectivity index (χ1) is 29.0. The maximum Gasteiger partial charge on any atom is 0.306 e. The van der Waals surface area contributed by atoms with E-state index in [-0.39, 0.29) is 37.5 Å². The second kappa shape index (κ2) is 46.8. The van der Waals surface area contributed by atoms with Gasteiger partial charge in [0.15, 0.2) is 6.10 Å². The molecule has 0 aromatic heterocycles. The van der Waals surface area contributed by atoms with Crippen LogP contribution < -0.4 is 0 Å². The number of hydrogen-bond donors (Lipinski definition) is 0. The average Bonchev–Trinajstić information content (AvgIpc) is 3.23. The highest BCUT2D eigenvalue weighted by Gasteiger charge is 2.19. The predicted molar refractivity (Wildman–Crippen MR) is 251 cm³/mol. The highest BCUT2D eigenvalue weighted by molar-refractivity contribution is 5.71. The lowest BCUT2D eigenvalue weighted by atomic mass is 10.1. The van der Waals surface area contributed by atoms with Crippen LogP contribution in [0.25, 0.3) is 0 Å². The summed E-state index contributed by atoms with van der Waals surface area (Å²) in [4.78, 5) is 37.8. The minimum absolute atomic E-state index is 0.111. The number of carbonyl (C=O) groups excluding carboxylic acids is 3. The highest BCUT2D eigenvalue weighted by atomic mass is 16.6. The molecule has 0 saturated carbocycles. The van der Waals surface area contributed by atoms with Gasteiger partial charge in [-0.15, -0.1) is 0 Å². The van der Waals surface area contributed by atoms with Gasteiger partial charge in [-0.3, -0.25) is 14.4 Å². The Bertz CT molecular complexity index is 1260. The minimum atomic E-state index is -0.813. The molecule has 0 rings (SSSR count). The van der Waals surface area contributed by atoms with Crippen LogP contribution in [0.5, 0.6) is 0 Å². The third kappa shape index (κ3) is 45.0. The third-order valence-corrected chi connectivity index (χ3v) is 9.42. The van der Waals surface area contributed by atoms with E-state index in [0.717, 1.165) is 109 Å². The maximum atomic E-state index is 12.7. The van der Waals surface area contributed by atoms with Crippen LogP contribution in [0, 0.1) is 0 Å². The van der Waals surface area contributed by atoms with Crippen molar-refractivity contribution >= 4 is 17.9 Å². The molecular weight excluding hydrogens is 733 g/mol. The van der Waals surface area contributed by atoms with E-state index >= 15 is 0 Å². The molecule has 0 heterocycles. The molecular formula is C53H84O6. The van der Waals surface area contributed by atoms with Crippen molar-refractivity contribution in [2.24, 2.45) is 0 Å². The number of rotatable bonds is 40. The molecule has 1 unspecified atom stereocenters. The molecule has 0 amide bonds. The van der Waals surface area contributed by atoms with Crippen molar-refractivity contribution in [3.63, 3.8) is 0 Å². The Labute approximate surface area is 361 Å². The standard InChI is InChI=1S/C53H84O6/c1-4-7-10-13-16-19-22-24-25-26-27-28-30-31-34-37-40-43-46-52(55)58-49-50(48-57-51(54)45-42-39-36-33-21-18-15-12-9-6-3)59-53(56)47-44-41-38-35-32-29-23-20-17-14-11-8-5-2/h8,11,14-20,22-29,32,50H,4-7,9-10,12-13,21,30-31,33-49H2,1-3H3/b11-8-,17-14-,18-15-,19-16-,23-20-,24-22-,26-25-,28-27-,32-29-. The van der Waals surface area contributed by atoms with E-state index in [4.69, 9.17) is 14.2 Å². The molecule has 0 aliphatic heterocycles. The third-order valence-electron chi connectivity index (χ3n) is 9.42. The molecule has 1 atom stereocenters. The monoisotopic (exact) mass is 817 g/mol. The normalized spacial score (nSPS) is 13.1. The SMILES string of the molecule is CC\C=C/C=C\C=C/C=C\CCCCCC(=O)OC(COC(=O)CCCCCC/C=C\CCCC)COC(=O)CCCCCCC\C=C/C=C\C=C/C=C\CCCCC. The summed E-state index contributed by atoms with van der Waals surface area (Å²) in [6, 6.07) is 0. The van der Waals surface area contributed by atoms with Gasteiger partial charge in [0.25, 0.3) is 0 Å². The van der Waals surface area contributed by atoms with Crippen LogP contribution in [0.1, 0.15) is 188 Å².